The number of hydrogen-bond acceptors (Lipinski definition) is 3. The molecule has 0 radical (unpaired) electrons. The molecule has 17 heavy (non-hydrogen) atoms. The lowest BCUT2D eigenvalue weighted by Gasteiger charge is -2.24. The topological polar surface area (TPSA) is 44.8 Å². The van der Waals surface area contributed by atoms with Crippen LogP contribution >= 0.6 is 0 Å². The largest absolute Gasteiger partial charge is 0.378 e. The van der Waals surface area contributed by atoms with Gasteiger partial charge >= 0.3 is 0 Å². The van der Waals surface area contributed by atoms with Crippen molar-refractivity contribution in [1.82, 2.24) is 20.1 Å². The Kier molecular flexibility index (Phi) is 4.94. The van der Waals surface area contributed by atoms with E-state index in [2.05, 4.69) is 54.5 Å². The first-order valence-electron chi connectivity index (χ1n) is 5.93. The SMILES string of the molecule is C=C(C(C)C)N(C)CC/C(C)=C\c1ncn[nH]1. The molecule has 0 atom stereocenters. The summed E-state index contributed by atoms with van der Waals surface area (Å²) in [5, 5.41) is 6.64. The molecular formula is C13H22N4. The van der Waals surface area contributed by atoms with Crippen molar-refractivity contribution in [3.05, 3.63) is 30.0 Å². The second-order valence-electron chi connectivity index (χ2n) is 4.68. The number of aromatic amines is 1. The first-order chi connectivity index (χ1) is 8.00. The highest BCUT2D eigenvalue weighted by molar-refractivity contribution is 5.43. The molecule has 0 aliphatic carbocycles. The zero-order valence-electron chi connectivity index (χ0n) is 11.2. The zero-order chi connectivity index (χ0) is 12.8. The molecule has 0 spiro atoms. The average Bonchev–Trinajstić information content (AvgIpc) is 2.77. The third kappa shape index (κ3) is 4.43. The third-order valence-corrected chi connectivity index (χ3v) is 2.82. The van der Waals surface area contributed by atoms with Gasteiger partial charge in [0.05, 0.1) is 0 Å². The van der Waals surface area contributed by atoms with E-state index in [1.165, 1.54) is 17.6 Å². The molecule has 0 aliphatic rings. The number of allylic oxidation sites excluding steroid dienone is 1. The maximum Gasteiger partial charge on any atom is 0.148 e. The van der Waals surface area contributed by atoms with E-state index in [0.29, 0.717) is 5.92 Å². The van der Waals surface area contributed by atoms with Crippen LogP contribution < -0.4 is 0 Å². The van der Waals surface area contributed by atoms with Gasteiger partial charge in [0, 0.05) is 19.3 Å². The summed E-state index contributed by atoms with van der Waals surface area (Å²) in [7, 11) is 2.09. The van der Waals surface area contributed by atoms with Gasteiger partial charge in [-0.05, 0) is 25.3 Å². The fraction of sp³-hybridized carbons (Fsp3) is 0.538. The van der Waals surface area contributed by atoms with Crippen LogP contribution in [-0.4, -0.2) is 33.7 Å². The van der Waals surface area contributed by atoms with Gasteiger partial charge in [-0.25, -0.2) is 4.98 Å². The average molecular weight is 234 g/mol. The lowest BCUT2D eigenvalue weighted by atomic mass is 10.1. The minimum atomic E-state index is 0.499. The van der Waals surface area contributed by atoms with Crippen LogP contribution in [0.25, 0.3) is 6.08 Å². The normalized spacial score (nSPS) is 11.9. The minimum absolute atomic E-state index is 0.499. The number of H-pyrrole nitrogens is 1. The van der Waals surface area contributed by atoms with Gasteiger partial charge in [0.1, 0.15) is 12.2 Å². The summed E-state index contributed by atoms with van der Waals surface area (Å²) >= 11 is 0. The second-order valence-corrected chi connectivity index (χ2v) is 4.68. The van der Waals surface area contributed by atoms with E-state index < -0.39 is 0 Å². The molecule has 0 saturated heterocycles. The Morgan fingerprint density at radius 1 is 1.59 bits per heavy atom. The summed E-state index contributed by atoms with van der Waals surface area (Å²) < 4.78 is 0. The van der Waals surface area contributed by atoms with E-state index in [1.807, 2.05) is 6.08 Å². The van der Waals surface area contributed by atoms with Gasteiger partial charge in [0.15, 0.2) is 0 Å². The van der Waals surface area contributed by atoms with Gasteiger partial charge in [0.2, 0.25) is 0 Å². The van der Waals surface area contributed by atoms with Crippen LogP contribution in [0.15, 0.2) is 24.2 Å². The van der Waals surface area contributed by atoms with Crippen molar-refractivity contribution in [3.63, 3.8) is 0 Å². The maximum absolute atomic E-state index is 4.09. The molecule has 0 amide bonds. The van der Waals surface area contributed by atoms with E-state index in [9.17, 15) is 0 Å². The van der Waals surface area contributed by atoms with Crippen LogP contribution in [0.2, 0.25) is 0 Å². The molecule has 1 N–H and O–H groups in total. The lowest BCUT2D eigenvalue weighted by Crippen LogP contribution is -2.21. The summed E-state index contributed by atoms with van der Waals surface area (Å²) in [6.07, 6.45) is 4.55. The van der Waals surface area contributed by atoms with Crippen molar-refractivity contribution in [2.45, 2.75) is 27.2 Å². The Morgan fingerprint density at radius 3 is 2.82 bits per heavy atom. The van der Waals surface area contributed by atoms with Crippen molar-refractivity contribution in [2.75, 3.05) is 13.6 Å². The molecule has 0 fully saturated rings. The lowest BCUT2D eigenvalue weighted by molar-refractivity contribution is 0.380. The van der Waals surface area contributed by atoms with Gasteiger partial charge in [-0.15, -0.1) is 0 Å². The predicted octanol–water partition coefficient (Wildman–Crippen LogP) is 2.70. The Morgan fingerprint density at radius 2 is 2.29 bits per heavy atom. The van der Waals surface area contributed by atoms with Crippen LogP contribution in [0, 0.1) is 5.92 Å². The molecule has 4 nitrogen and oxygen atoms in total. The zero-order valence-corrected chi connectivity index (χ0v) is 11.2. The molecule has 4 heteroatoms. The Labute approximate surface area is 103 Å². The van der Waals surface area contributed by atoms with Gasteiger partial charge in [-0.3, -0.25) is 5.10 Å². The number of rotatable bonds is 6. The second kappa shape index (κ2) is 6.23. The van der Waals surface area contributed by atoms with Crippen LogP contribution in [0.3, 0.4) is 0 Å². The quantitative estimate of drug-likeness (QED) is 0.823. The fourth-order valence-electron chi connectivity index (χ4n) is 1.52. The summed E-state index contributed by atoms with van der Waals surface area (Å²) in [6.45, 7) is 11.5. The van der Waals surface area contributed by atoms with Crippen molar-refractivity contribution in [2.24, 2.45) is 5.92 Å². The van der Waals surface area contributed by atoms with Crippen LogP contribution in [-0.2, 0) is 0 Å². The minimum Gasteiger partial charge on any atom is -0.378 e. The van der Waals surface area contributed by atoms with Gasteiger partial charge in [-0.2, -0.15) is 5.10 Å². The fourth-order valence-corrected chi connectivity index (χ4v) is 1.52. The van der Waals surface area contributed by atoms with Crippen molar-refractivity contribution in [1.29, 1.82) is 0 Å². The Bertz CT molecular complexity index is 376. The smallest absolute Gasteiger partial charge is 0.148 e. The van der Waals surface area contributed by atoms with Crippen LogP contribution in [0.5, 0.6) is 0 Å². The molecule has 0 saturated carbocycles. The standard InChI is InChI=1S/C13H22N4/c1-10(2)12(4)17(5)7-6-11(3)8-13-14-9-15-16-13/h8-10H,4,6-7H2,1-3,5H3,(H,14,15,16)/b11-8-. The van der Waals surface area contributed by atoms with Gasteiger partial charge < -0.3 is 4.90 Å². The molecular weight excluding hydrogens is 212 g/mol. The first kappa shape index (κ1) is 13.5. The van der Waals surface area contributed by atoms with E-state index in [0.717, 1.165) is 18.8 Å². The number of nitrogens with one attached hydrogen (secondary N) is 1. The highest BCUT2D eigenvalue weighted by Gasteiger charge is 2.06. The van der Waals surface area contributed by atoms with E-state index >= 15 is 0 Å². The van der Waals surface area contributed by atoms with E-state index in [4.69, 9.17) is 0 Å². The molecule has 0 aliphatic heterocycles. The number of aromatic nitrogens is 3. The summed E-state index contributed by atoms with van der Waals surface area (Å²) in [4.78, 5) is 6.28. The van der Waals surface area contributed by atoms with Gasteiger partial charge in [0.25, 0.3) is 0 Å². The third-order valence-electron chi connectivity index (χ3n) is 2.82. The first-order valence-corrected chi connectivity index (χ1v) is 5.93. The summed E-state index contributed by atoms with van der Waals surface area (Å²) in [5.74, 6) is 1.31. The summed E-state index contributed by atoms with van der Waals surface area (Å²) in [6, 6.07) is 0. The van der Waals surface area contributed by atoms with Crippen LogP contribution in [0.1, 0.15) is 33.0 Å². The molecule has 1 rings (SSSR count). The molecule has 1 aromatic rings. The Balaban J connectivity index is 2.43. The van der Waals surface area contributed by atoms with Crippen molar-refractivity contribution >= 4 is 6.08 Å². The van der Waals surface area contributed by atoms with Crippen molar-refractivity contribution in [3.8, 4) is 0 Å². The molecule has 94 valence electrons. The number of nitrogens with zero attached hydrogens (tertiary/aromatic N) is 3. The van der Waals surface area contributed by atoms with E-state index in [-0.39, 0.29) is 0 Å². The maximum atomic E-state index is 4.09. The Hall–Kier alpha value is -1.58. The monoisotopic (exact) mass is 234 g/mol. The summed E-state index contributed by atoms with van der Waals surface area (Å²) in [5.41, 5.74) is 2.46. The molecule has 1 aromatic heterocycles. The molecule has 0 unspecified atom stereocenters. The van der Waals surface area contributed by atoms with Crippen LogP contribution in [0.4, 0.5) is 0 Å². The molecule has 1 heterocycles. The number of hydrogen-bond donors (Lipinski definition) is 1. The highest BCUT2D eigenvalue weighted by Crippen LogP contribution is 2.13. The van der Waals surface area contributed by atoms with Gasteiger partial charge in [-0.1, -0.05) is 26.0 Å². The van der Waals surface area contributed by atoms with Crippen molar-refractivity contribution < 1.29 is 0 Å². The highest BCUT2D eigenvalue weighted by atomic mass is 15.2. The van der Waals surface area contributed by atoms with E-state index in [1.54, 1.807) is 0 Å². The molecule has 0 aromatic carbocycles. The molecule has 0 bridgehead atoms. The predicted molar refractivity (Wildman–Crippen MR) is 71.3 cm³/mol.